The van der Waals surface area contributed by atoms with Crippen LogP contribution in [0.15, 0.2) is 60.8 Å². The molecule has 2 fully saturated rings. The second kappa shape index (κ2) is 10.8. The van der Waals surface area contributed by atoms with Crippen molar-refractivity contribution < 1.29 is 37.7 Å². The maximum Gasteiger partial charge on any atom is 0.339 e. The number of benzene rings is 2. The van der Waals surface area contributed by atoms with Crippen molar-refractivity contribution in [2.75, 3.05) is 13.7 Å². The van der Waals surface area contributed by atoms with Crippen LogP contribution in [0.2, 0.25) is 0 Å². The molecule has 10 nitrogen and oxygen atoms in total. The average Bonchev–Trinajstić information content (AvgIpc) is 3.28. The summed E-state index contributed by atoms with van der Waals surface area (Å²) in [5, 5.41) is 8.47. The van der Waals surface area contributed by atoms with Crippen molar-refractivity contribution in [3.63, 3.8) is 0 Å². The SMILES string of the molecule is COC(=O)[C@@H]1O[C@@H]2CCO[C@H](c3ccccc3)O[C@@H]2[C@H](n2cc(-c3cccc(F)c3)nn2)[C@H]1OC(C)=O. The molecule has 3 aromatic rings. The van der Waals surface area contributed by atoms with Gasteiger partial charge in [-0.25, -0.2) is 13.9 Å². The summed E-state index contributed by atoms with van der Waals surface area (Å²) in [6.07, 6.45) is -2.49. The fraction of sp³-hybridized carbons (Fsp3) is 0.385. The van der Waals surface area contributed by atoms with Gasteiger partial charge in [0.2, 0.25) is 0 Å². The van der Waals surface area contributed by atoms with Crippen molar-refractivity contribution in [3.8, 4) is 11.3 Å². The first-order valence-electron chi connectivity index (χ1n) is 11.8. The lowest BCUT2D eigenvalue weighted by molar-refractivity contribution is -0.248. The van der Waals surface area contributed by atoms with Crippen LogP contribution in [0.4, 0.5) is 4.39 Å². The Labute approximate surface area is 212 Å². The van der Waals surface area contributed by atoms with Crippen LogP contribution >= 0.6 is 0 Å². The molecule has 3 heterocycles. The lowest BCUT2D eigenvalue weighted by Gasteiger charge is -2.44. The highest BCUT2D eigenvalue weighted by molar-refractivity contribution is 5.76. The first kappa shape index (κ1) is 25.0. The Kier molecular flexibility index (Phi) is 7.26. The minimum Gasteiger partial charge on any atom is -0.467 e. The van der Waals surface area contributed by atoms with E-state index in [-0.39, 0.29) is 0 Å². The molecule has 0 aliphatic carbocycles. The summed E-state index contributed by atoms with van der Waals surface area (Å²) in [6, 6.07) is 14.5. The number of carbonyl (C=O) groups is 2. The van der Waals surface area contributed by atoms with Gasteiger partial charge in [0.1, 0.15) is 23.7 Å². The van der Waals surface area contributed by atoms with Gasteiger partial charge in [-0.2, -0.15) is 0 Å². The molecule has 2 saturated heterocycles. The Balaban J connectivity index is 1.58. The van der Waals surface area contributed by atoms with Gasteiger partial charge in [0.25, 0.3) is 0 Å². The highest BCUT2D eigenvalue weighted by Gasteiger charge is 2.54. The fourth-order valence-electron chi connectivity index (χ4n) is 4.72. The zero-order chi connectivity index (χ0) is 25.9. The molecule has 0 bridgehead atoms. The van der Waals surface area contributed by atoms with Gasteiger partial charge in [0.05, 0.1) is 26.0 Å². The molecular weight excluding hydrogens is 485 g/mol. The molecule has 1 aromatic heterocycles. The van der Waals surface area contributed by atoms with Gasteiger partial charge >= 0.3 is 11.9 Å². The molecular formula is C26H26FN3O7. The summed E-state index contributed by atoms with van der Waals surface area (Å²) in [7, 11) is 1.23. The van der Waals surface area contributed by atoms with Crippen LogP contribution in [0.25, 0.3) is 11.3 Å². The second-order valence-corrected chi connectivity index (χ2v) is 8.78. The molecule has 194 valence electrons. The Morgan fingerprint density at radius 1 is 1.11 bits per heavy atom. The third-order valence-electron chi connectivity index (χ3n) is 6.36. The summed E-state index contributed by atoms with van der Waals surface area (Å²) in [4.78, 5) is 24.9. The van der Waals surface area contributed by atoms with Crippen LogP contribution in [-0.4, -0.2) is 65.1 Å². The molecule has 0 radical (unpaired) electrons. The third-order valence-corrected chi connectivity index (χ3v) is 6.36. The fourth-order valence-corrected chi connectivity index (χ4v) is 4.72. The Hall–Kier alpha value is -3.67. The molecule has 6 atom stereocenters. The molecule has 0 saturated carbocycles. The number of fused-ring (bicyclic) bond motifs is 1. The second-order valence-electron chi connectivity index (χ2n) is 8.78. The number of nitrogens with zero attached hydrogens (tertiary/aromatic N) is 3. The molecule has 5 rings (SSSR count). The maximum absolute atomic E-state index is 13.9. The normalized spacial score (nSPS) is 27.5. The number of halogens is 1. The van der Waals surface area contributed by atoms with E-state index in [0.29, 0.717) is 24.3 Å². The van der Waals surface area contributed by atoms with Gasteiger partial charge in [-0.15, -0.1) is 5.10 Å². The maximum atomic E-state index is 13.9. The van der Waals surface area contributed by atoms with Crippen LogP contribution in [0.3, 0.4) is 0 Å². The van der Waals surface area contributed by atoms with Gasteiger partial charge < -0.3 is 23.7 Å². The molecule has 0 spiro atoms. The molecule has 37 heavy (non-hydrogen) atoms. The Morgan fingerprint density at radius 3 is 2.65 bits per heavy atom. The van der Waals surface area contributed by atoms with Crippen molar-refractivity contribution in [2.45, 2.75) is 50.1 Å². The highest BCUT2D eigenvalue weighted by atomic mass is 19.1. The average molecular weight is 512 g/mol. The van der Waals surface area contributed by atoms with E-state index in [1.807, 2.05) is 30.3 Å². The number of rotatable bonds is 5. The van der Waals surface area contributed by atoms with Crippen LogP contribution < -0.4 is 0 Å². The van der Waals surface area contributed by atoms with E-state index in [0.717, 1.165) is 5.56 Å². The zero-order valence-electron chi connectivity index (χ0n) is 20.2. The molecule has 0 N–H and O–H groups in total. The molecule has 2 aliphatic heterocycles. The van der Waals surface area contributed by atoms with Crippen molar-refractivity contribution in [1.29, 1.82) is 0 Å². The van der Waals surface area contributed by atoms with E-state index in [1.165, 1.54) is 30.8 Å². The summed E-state index contributed by atoms with van der Waals surface area (Å²) in [6.45, 7) is 1.53. The van der Waals surface area contributed by atoms with E-state index < -0.39 is 54.5 Å². The number of esters is 2. The molecule has 2 aromatic carbocycles. The number of carbonyl (C=O) groups excluding carboxylic acids is 2. The molecule has 0 unspecified atom stereocenters. The monoisotopic (exact) mass is 511 g/mol. The standard InChI is InChI=1S/C26H26FN3O7/c1-15(31)35-23-21(30-14-19(28-29-30)17-9-6-10-18(27)13-17)22-20(36-24(23)25(32)33-2)11-12-34-26(37-22)16-7-4-3-5-8-16/h3-10,13-14,20-24,26H,11-12H2,1-2H3/t20-,21+,22+,23-,24-,26+/m1/s1. The van der Waals surface area contributed by atoms with Crippen LogP contribution in [0.5, 0.6) is 0 Å². The first-order valence-corrected chi connectivity index (χ1v) is 11.8. The van der Waals surface area contributed by atoms with Crippen LogP contribution in [0.1, 0.15) is 31.2 Å². The van der Waals surface area contributed by atoms with Crippen LogP contribution in [0, 0.1) is 5.82 Å². The largest absolute Gasteiger partial charge is 0.467 e. The minimum absolute atomic E-state index is 0.297. The summed E-state index contributed by atoms with van der Waals surface area (Å²) in [5.41, 5.74) is 1.69. The lowest BCUT2D eigenvalue weighted by atomic mass is 9.90. The first-order chi connectivity index (χ1) is 17.9. The van der Waals surface area contributed by atoms with Gasteiger partial charge in [0, 0.05) is 18.1 Å². The Bertz CT molecular complexity index is 1250. The zero-order valence-corrected chi connectivity index (χ0v) is 20.2. The van der Waals surface area contributed by atoms with Gasteiger partial charge in [-0.3, -0.25) is 4.79 Å². The smallest absolute Gasteiger partial charge is 0.339 e. The molecule has 2 aliphatic rings. The van der Waals surface area contributed by atoms with Crippen molar-refractivity contribution in [3.05, 3.63) is 72.2 Å². The van der Waals surface area contributed by atoms with Crippen molar-refractivity contribution >= 4 is 11.9 Å². The predicted octanol–water partition coefficient (Wildman–Crippen LogP) is 3.00. The minimum atomic E-state index is -1.24. The van der Waals surface area contributed by atoms with E-state index >= 15 is 0 Å². The highest BCUT2D eigenvalue weighted by Crippen LogP contribution is 2.40. The van der Waals surface area contributed by atoms with Crippen LogP contribution in [-0.2, 0) is 33.3 Å². The molecule has 11 heteroatoms. The topological polar surface area (TPSA) is 111 Å². The summed E-state index contributed by atoms with van der Waals surface area (Å²) < 4.78 is 44.4. The van der Waals surface area contributed by atoms with Gasteiger partial charge in [-0.1, -0.05) is 47.7 Å². The predicted molar refractivity (Wildman–Crippen MR) is 125 cm³/mol. The Morgan fingerprint density at radius 2 is 1.92 bits per heavy atom. The number of aromatic nitrogens is 3. The molecule has 0 amide bonds. The van der Waals surface area contributed by atoms with E-state index in [1.54, 1.807) is 18.3 Å². The number of hydrogen-bond donors (Lipinski definition) is 0. The van der Waals surface area contributed by atoms with Crippen molar-refractivity contribution in [2.24, 2.45) is 0 Å². The van der Waals surface area contributed by atoms with E-state index in [2.05, 4.69) is 10.3 Å². The van der Waals surface area contributed by atoms with E-state index in [4.69, 9.17) is 23.7 Å². The number of methoxy groups -OCH3 is 1. The van der Waals surface area contributed by atoms with Gasteiger partial charge in [-0.05, 0) is 18.6 Å². The number of hydrogen-bond acceptors (Lipinski definition) is 9. The quantitative estimate of drug-likeness (QED) is 0.477. The summed E-state index contributed by atoms with van der Waals surface area (Å²) >= 11 is 0. The van der Waals surface area contributed by atoms with Crippen molar-refractivity contribution in [1.82, 2.24) is 15.0 Å². The number of ether oxygens (including phenoxy) is 5. The van der Waals surface area contributed by atoms with Gasteiger partial charge in [0.15, 0.2) is 18.5 Å². The summed E-state index contributed by atoms with van der Waals surface area (Å²) in [5.74, 6) is -1.75. The third kappa shape index (κ3) is 5.24. The van der Waals surface area contributed by atoms with E-state index in [9.17, 15) is 14.0 Å². The lowest BCUT2D eigenvalue weighted by Crippen LogP contribution is -2.59.